The molecule has 0 aliphatic carbocycles. The number of carbonyl (C=O) groups is 2. The normalized spacial score (nSPS) is 11.8. The van der Waals surface area contributed by atoms with Crippen molar-refractivity contribution in [1.29, 1.82) is 0 Å². The molecule has 1 atom stereocenters. The molecule has 1 N–H and O–H groups in total. The summed E-state index contributed by atoms with van der Waals surface area (Å²) in [5.74, 6) is -1.000. The van der Waals surface area contributed by atoms with Gasteiger partial charge in [0.2, 0.25) is 0 Å². The second-order valence-corrected chi connectivity index (χ2v) is 5.80. The van der Waals surface area contributed by atoms with Crippen LogP contribution in [0.2, 0.25) is 0 Å². The molecule has 0 aliphatic heterocycles. The molecular weight excluding hydrogens is 284 g/mol. The van der Waals surface area contributed by atoms with E-state index in [2.05, 4.69) is 0 Å². The molecule has 0 unspecified atom stereocenters. The molecule has 0 fully saturated rings. The van der Waals surface area contributed by atoms with E-state index in [4.69, 9.17) is 5.11 Å². The molecule has 0 saturated carbocycles. The molecule has 0 spiro atoms. The maximum absolute atomic E-state index is 12.5. The molecule has 2 aromatic carbocycles. The average molecular weight is 300 g/mol. The van der Waals surface area contributed by atoms with Gasteiger partial charge in [0.1, 0.15) is 0 Å². The lowest BCUT2D eigenvalue weighted by Gasteiger charge is -2.15. The number of aliphatic carboxylic acids is 1. The van der Waals surface area contributed by atoms with Crippen LogP contribution >= 0.6 is 11.8 Å². The zero-order valence-corrected chi connectivity index (χ0v) is 12.3. The number of ketones is 1. The Morgan fingerprint density at radius 1 is 0.952 bits per heavy atom. The number of thioether (sulfide) groups is 1. The van der Waals surface area contributed by atoms with Gasteiger partial charge in [-0.05, 0) is 12.0 Å². The number of carboxylic acids is 1. The number of carbonyl (C=O) groups excluding carboxylic acids is 1. The highest BCUT2D eigenvalue weighted by Gasteiger charge is 2.21. The van der Waals surface area contributed by atoms with Gasteiger partial charge < -0.3 is 5.11 Å². The minimum atomic E-state index is -0.904. The van der Waals surface area contributed by atoms with E-state index in [0.717, 1.165) is 5.56 Å². The molecule has 21 heavy (non-hydrogen) atoms. The highest BCUT2D eigenvalue weighted by Crippen LogP contribution is 2.21. The zero-order valence-electron chi connectivity index (χ0n) is 11.4. The van der Waals surface area contributed by atoms with Crippen LogP contribution in [0.25, 0.3) is 0 Å². The van der Waals surface area contributed by atoms with Crippen molar-refractivity contribution >= 4 is 23.5 Å². The van der Waals surface area contributed by atoms with E-state index in [1.54, 1.807) is 12.1 Å². The van der Waals surface area contributed by atoms with Gasteiger partial charge in [-0.15, -0.1) is 11.8 Å². The van der Waals surface area contributed by atoms with Crippen LogP contribution in [-0.4, -0.2) is 27.9 Å². The number of hydrogen-bond acceptors (Lipinski definition) is 3. The lowest BCUT2D eigenvalue weighted by molar-refractivity contribution is -0.133. The smallest absolute Gasteiger partial charge is 0.313 e. The van der Waals surface area contributed by atoms with E-state index in [0.29, 0.717) is 12.0 Å². The Balaban J connectivity index is 2.15. The Morgan fingerprint density at radius 3 is 2.10 bits per heavy atom. The Labute approximate surface area is 128 Å². The predicted molar refractivity (Wildman–Crippen MR) is 84.8 cm³/mol. The third-order valence-electron chi connectivity index (χ3n) is 3.02. The van der Waals surface area contributed by atoms with Gasteiger partial charge in [0.15, 0.2) is 5.78 Å². The van der Waals surface area contributed by atoms with Gasteiger partial charge >= 0.3 is 5.97 Å². The fourth-order valence-electron chi connectivity index (χ4n) is 2.02. The van der Waals surface area contributed by atoms with Crippen LogP contribution < -0.4 is 0 Å². The summed E-state index contributed by atoms with van der Waals surface area (Å²) >= 11 is 1.18. The van der Waals surface area contributed by atoms with Crippen LogP contribution in [0.1, 0.15) is 15.9 Å². The molecule has 0 saturated heterocycles. The molecule has 2 rings (SSSR count). The summed E-state index contributed by atoms with van der Waals surface area (Å²) in [4.78, 5) is 23.3. The maximum atomic E-state index is 12.5. The van der Waals surface area contributed by atoms with Crippen molar-refractivity contribution < 1.29 is 14.7 Å². The molecular formula is C17H16O3S. The van der Waals surface area contributed by atoms with E-state index < -0.39 is 5.97 Å². The van der Waals surface area contributed by atoms with Crippen molar-refractivity contribution in [3.05, 3.63) is 71.8 Å². The summed E-state index contributed by atoms with van der Waals surface area (Å²) in [6.45, 7) is 0. The second kappa shape index (κ2) is 7.64. The van der Waals surface area contributed by atoms with Crippen molar-refractivity contribution in [1.82, 2.24) is 0 Å². The summed E-state index contributed by atoms with van der Waals surface area (Å²) in [5, 5.41) is 8.47. The highest BCUT2D eigenvalue weighted by atomic mass is 32.2. The van der Waals surface area contributed by atoms with Gasteiger partial charge in [-0.1, -0.05) is 60.7 Å². The van der Waals surface area contributed by atoms with Crippen molar-refractivity contribution in [2.45, 2.75) is 11.7 Å². The molecule has 3 nitrogen and oxygen atoms in total. The van der Waals surface area contributed by atoms with Gasteiger partial charge in [-0.2, -0.15) is 0 Å². The summed E-state index contributed by atoms with van der Waals surface area (Å²) in [7, 11) is 0. The molecule has 0 radical (unpaired) electrons. The Kier molecular flexibility index (Phi) is 5.58. The van der Waals surface area contributed by atoms with Gasteiger partial charge in [-0.3, -0.25) is 9.59 Å². The molecule has 0 aromatic heterocycles. The molecule has 108 valence electrons. The summed E-state index contributed by atoms with van der Waals surface area (Å²) in [6, 6.07) is 18.7. The SMILES string of the molecule is O=C(O)CS[C@H](Cc1ccccc1)C(=O)c1ccccc1. The monoisotopic (exact) mass is 300 g/mol. The minimum Gasteiger partial charge on any atom is -0.481 e. The molecule has 4 heteroatoms. The fourth-order valence-corrected chi connectivity index (χ4v) is 2.96. The van der Waals surface area contributed by atoms with E-state index in [1.807, 2.05) is 48.5 Å². The topological polar surface area (TPSA) is 54.4 Å². The highest BCUT2D eigenvalue weighted by molar-refractivity contribution is 8.01. The predicted octanol–water partition coefficient (Wildman–Crippen LogP) is 3.30. The van der Waals surface area contributed by atoms with E-state index in [9.17, 15) is 9.59 Å². The van der Waals surface area contributed by atoms with Gasteiger partial charge in [-0.25, -0.2) is 0 Å². The third-order valence-corrected chi connectivity index (χ3v) is 4.22. The molecule has 0 heterocycles. The zero-order chi connectivity index (χ0) is 15.1. The number of benzene rings is 2. The maximum Gasteiger partial charge on any atom is 0.313 e. The molecule has 0 bridgehead atoms. The summed E-state index contributed by atoms with van der Waals surface area (Å²) in [6.07, 6.45) is 0.534. The largest absolute Gasteiger partial charge is 0.481 e. The molecule has 0 amide bonds. The Morgan fingerprint density at radius 2 is 1.52 bits per heavy atom. The van der Waals surface area contributed by atoms with Crippen LogP contribution in [-0.2, 0) is 11.2 Å². The summed E-state index contributed by atoms with van der Waals surface area (Å²) in [5.41, 5.74) is 1.65. The van der Waals surface area contributed by atoms with E-state index in [-0.39, 0.29) is 16.8 Å². The first-order chi connectivity index (χ1) is 10.2. The fraction of sp³-hybridized carbons (Fsp3) is 0.176. The first-order valence-corrected chi connectivity index (χ1v) is 7.68. The minimum absolute atomic E-state index is 0.0225. The number of carboxylic acid groups (broad SMARTS) is 1. The van der Waals surface area contributed by atoms with E-state index in [1.165, 1.54) is 11.8 Å². The quantitative estimate of drug-likeness (QED) is 0.797. The first kappa shape index (κ1) is 15.3. The average Bonchev–Trinajstić information content (AvgIpc) is 2.52. The van der Waals surface area contributed by atoms with Crippen LogP contribution in [0.15, 0.2) is 60.7 Å². The van der Waals surface area contributed by atoms with Crippen LogP contribution in [0.5, 0.6) is 0 Å². The van der Waals surface area contributed by atoms with Crippen molar-refractivity contribution in [3.63, 3.8) is 0 Å². The standard InChI is InChI=1S/C17H16O3S/c18-16(19)12-21-15(11-13-7-3-1-4-8-13)17(20)14-9-5-2-6-10-14/h1-10,15H,11-12H2,(H,18,19)/t15-/m1/s1. The van der Waals surface area contributed by atoms with Crippen LogP contribution in [0, 0.1) is 0 Å². The van der Waals surface area contributed by atoms with Gasteiger partial charge in [0.05, 0.1) is 11.0 Å². The van der Waals surface area contributed by atoms with Crippen molar-refractivity contribution in [2.75, 3.05) is 5.75 Å². The Hall–Kier alpha value is -2.07. The summed E-state index contributed by atoms with van der Waals surface area (Å²) < 4.78 is 0. The molecule has 0 aliphatic rings. The molecule has 2 aromatic rings. The van der Waals surface area contributed by atoms with Gasteiger partial charge in [0, 0.05) is 5.56 Å². The van der Waals surface area contributed by atoms with Crippen molar-refractivity contribution in [2.24, 2.45) is 0 Å². The Bertz CT molecular complexity index is 596. The first-order valence-electron chi connectivity index (χ1n) is 6.63. The number of Topliss-reactive ketones (excluding diaryl/α,β-unsaturated/α-hetero) is 1. The van der Waals surface area contributed by atoms with E-state index >= 15 is 0 Å². The van der Waals surface area contributed by atoms with Crippen molar-refractivity contribution in [3.8, 4) is 0 Å². The number of rotatable bonds is 7. The van der Waals surface area contributed by atoms with Crippen LogP contribution in [0.4, 0.5) is 0 Å². The van der Waals surface area contributed by atoms with Crippen LogP contribution in [0.3, 0.4) is 0 Å². The second-order valence-electron chi connectivity index (χ2n) is 4.61. The number of hydrogen-bond donors (Lipinski definition) is 1. The third kappa shape index (κ3) is 4.76. The lowest BCUT2D eigenvalue weighted by atomic mass is 10.0. The van der Waals surface area contributed by atoms with Gasteiger partial charge in [0.25, 0.3) is 0 Å². The lowest BCUT2D eigenvalue weighted by Crippen LogP contribution is -2.22.